The van der Waals surface area contributed by atoms with Crippen molar-refractivity contribution >= 4 is 0 Å². The highest BCUT2D eigenvalue weighted by Gasteiger charge is 2.37. The van der Waals surface area contributed by atoms with Crippen molar-refractivity contribution in [2.75, 3.05) is 26.3 Å². The van der Waals surface area contributed by atoms with Gasteiger partial charge in [0.2, 0.25) is 0 Å². The number of nitrogens with zero attached hydrogens (tertiary/aromatic N) is 1. The Hall–Kier alpha value is -1.66. The number of fused-ring (bicyclic) bond motifs is 3. The van der Waals surface area contributed by atoms with Gasteiger partial charge in [-0.1, -0.05) is 12.8 Å². The van der Waals surface area contributed by atoms with Gasteiger partial charge in [-0.2, -0.15) is 0 Å². The summed E-state index contributed by atoms with van der Waals surface area (Å²) in [7, 11) is 0. The van der Waals surface area contributed by atoms with E-state index in [1.54, 1.807) is 0 Å². The molecule has 2 heterocycles. The molecule has 1 fully saturated rings. The zero-order valence-electron chi connectivity index (χ0n) is 12.7. The second kappa shape index (κ2) is 6.41. The van der Waals surface area contributed by atoms with Crippen LogP contribution >= 0.6 is 0 Å². The first-order valence-electron chi connectivity index (χ1n) is 7.90. The number of rotatable bonds is 4. The van der Waals surface area contributed by atoms with Crippen LogP contribution in [0.5, 0.6) is 11.5 Å². The number of hydrogen-bond donors (Lipinski definition) is 0. The van der Waals surface area contributed by atoms with Crippen LogP contribution in [0, 0.1) is 12.3 Å². The highest BCUT2D eigenvalue weighted by atomic mass is 16.5. The van der Waals surface area contributed by atoms with Crippen LogP contribution in [0.25, 0.3) is 0 Å². The van der Waals surface area contributed by atoms with E-state index in [0.29, 0.717) is 18.6 Å². The number of piperidine rings is 1. The summed E-state index contributed by atoms with van der Waals surface area (Å²) in [5, 5.41) is 0. The average molecular weight is 285 g/mol. The number of benzene rings is 1. The van der Waals surface area contributed by atoms with E-state index in [0.717, 1.165) is 24.7 Å². The van der Waals surface area contributed by atoms with Gasteiger partial charge in [0, 0.05) is 11.5 Å². The third kappa shape index (κ3) is 2.87. The molecule has 21 heavy (non-hydrogen) atoms. The Morgan fingerprint density at radius 2 is 2.38 bits per heavy atom. The number of terminal acetylenes is 1. The highest BCUT2D eigenvalue weighted by molar-refractivity contribution is 5.45. The Morgan fingerprint density at radius 3 is 3.19 bits per heavy atom. The first kappa shape index (κ1) is 14.3. The van der Waals surface area contributed by atoms with Crippen LogP contribution < -0.4 is 9.47 Å². The molecule has 1 aromatic rings. The molecule has 0 bridgehead atoms. The maximum atomic E-state index is 5.99. The molecule has 0 aliphatic carbocycles. The van der Waals surface area contributed by atoms with Crippen molar-refractivity contribution in [3.63, 3.8) is 0 Å². The van der Waals surface area contributed by atoms with E-state index < -0.39 is 0 Å². The topological polar surface area (TPSA) is 21.7 Å². The Labute approximate surface area is 127 Å². The molecule has 2 aliphatic rings. The third-order valence-corrected chi connectivity index (χ3v) is 4.52. The molecule has 3 rings (SSSR count). The molecule has 0 unspecified atom stereocenters. The Bertz CT molecular complexity index is 533. The maximum absolute atomic E-state index is 5.99. The standard InChI is InChI=1S/C18H23NO2/c1-3-9-19-10-5-6-15-16-12-14(20-11-4-2)7-8-18(16)21-13-17(15)19/h2,7-8,12,15,17H,3,5-6,9-11,13H2,1H3/t15-,17-/m0/s1. The van der Waals surface area contributed by atoms with Crippen LogP contribution in [0.15, 0.2) is 18.2 Å². The lowest BCUT2D eigenvalue weighted by molar-refractivity contribution is 0.0658. The van der Waals surface area contributed by atoms with Crippen LogP contribution in [-0.2, 0) is 0 Å². The largest absolute Gasteiger partial charge is 0.492 e. The fourth-order valence-electron chi connectivity index (χ4n) is 3.61. The minimum absolute atomic E-state index is 0.315. The first-order chi connectivity index (χ1) is 10.3. The lowest BCUT2D eigenvalue weighted by Crippen LogP contribution is -2.49. The first-order valence-corrected chi connectivity index (χ1v) is 7.90. The molecule has 1 saturated heterocycles. The number of likely N-dealkylation sites (tertiary alicyclic amines) is 1. The van der Waals surface area contributed by atoms with Gasteiger partial charge in [-0.25, -0.2) is 0 Å². The Morgan fingerprint density at radius 1 is 1.48 bits per heavy atom. The van der Waals surface area contributed by atoms with Crippen molar-refractivity contribution in [1.29, 1.82) is 0 Å². The summed E-state index contributed by atoms with van der Waals surface area (Å²) >= 11 is 0. The summed E-state index contributed by atoms with van der Waals surface area (Å²) in [5.74, 6) is 4.94. The smallest absolute Gasteiger partial charge is 0.148 e. The summed E-state index contributed by atoms with van der Waals surface area (Å²) in [6.45, 7) is 5.72. The van der Waals surface area contributed by atoms with Crippen molar-refractivity contribution in [2.45, 2.75) is 38.1 Å². The van der Waals surface area contributed by atoms with Gasteiger partial charge in [0.25, 0.3) is 0 Å². The van der Waals surface area contributed by atoms with E-state index in [1.165, 1.54) is 31.4 Å². The maximum Gasteiger partial charge on any atom is 0.148 e. The number of ether oxygens (including phenoxy) is 2. The van der Waals surface area contributed by atoms with Gasteiger partial charge in [-0.15, -0.1) is 6.42 Å². The molecule has 3 nitrogen and oxygen atoms in total. The molecule has 0 N–H and O–H groups in total. The van der Waals surface area contributed by atoms with Gasteiger partial charge >= 0.3 is 0 Å². The van der Waals surface area contributed by atoms with Crippen molar-refractivity contribution < 1.29 is 9.47 Å². The molecule has 1 aromatic carbocycles. The molecule has 2 atom stereocenters. The SMILES string of the molecule is C#CCOc1ccc2c(c1)[C@@H]1CCCN(CCC)[C@H]1CO2. The Balaban J connectivity index is 1.85. The molecule has 0 radical (unpaired) electrons. The van der Waals surface area contributed by atoms with E-state index in [-0.39, 0.29) is 0 Å². The van der Waals surface area contributed by atoms with Crippen LogP contribution in [-0.4, -0.2) is 37.2 Å². The molecule has 0 amide bonds. The minimum atomic E-state index is 0.315. The van der Waals surface area contributed by atoms with Gasteiger partial charge in [-0.05, 0) is 50.6 Å². The molecular weight excluding hydrogens is 262 g/mol. The second-order valence-electron chi connectivity index (χ2n) is 5.86. The fourth-order valence-corrected chi connectivity index (χ4v) is 3.61. The normalized spacial score (nSPS) is 24.4. The Kier molecular flexibility index (Phi) is 4.36. The van der Waals surface area contributed by atoms with Crippen molar-refractivity contribution in [3.8, 4) is 23.8 Å². The van der Waals surface area contributed by atoms with E-state index in [9.17, 15) is 0 Å². The predicted molar refractivity (Wildman–Crippen MR) is 83.9 cm³/mol. The molecular formula is C18H23NO2. The monoisotopic (exact) mass is 285 g/mol. The summed E-state index contributed by atoms with van der Waals surface area (Å²) in [6, 6.07) is 6.60. The zero-order chi connectivity index (χ0) is 14.7. The molecule has 0 saturated carbocycles. The van der Waals surface area contributed by atoms with E-state index >= 15 is 0 Å². The van der Waals surface area contributed by atoms with E-state index in [1.807, 2.05) is 12.1 Å². The lowest BCUT2D eigenvalue weighted by Gasteiger charge is -2.44. The van der Waals surface area contributed by atoms with Crippen LogP contribution in [0.3, 0.4) is 0 Å². The lowest BCUT2D eigenvalue weighted by atomic mass is 9.81. The van der Waals surface area contributed by atoms with E-state index in [4.69, 9.17) is 15.9 Å². The molecule has 0 aromatic heterocycles. The molecule has 112 valence electrons. The third-order valence-electron chi connectivity index (χ3n) is 4.52. The predicted octanol–water partition coefficient (Wildman–Crippen LogP) is 3.05. The quantitative estimate of drug-likeness (QED) is 0.794. The molecule has 0 spiro atoms. The van der Waals surface area contributed by atoms with Crippen molar-refractivity contribution in [2.24, 2.45) is 0 Å². The summed E-state index contributed by atoms with van der Waals surface area (Å²) < 4.78 is 11.6. The van der Waals surface area contributed by atoms with Crippen molar-refractivity contribution in [1.82, 2.24) is 4.90 Å². The van der Waals surface area contributed by atoms with E-state index in [2.05, 4.69) is 23.8 Å². The van der Waals surface area contributed by atoms with Crippen LogP contribution in [0.1, 0.15) is 37.7 Å². The summed E-state index contributed by atoms with van der Waals surface area (Å²) in [5.41, 5.74) is 1.29. The van der Waals surface area contributed by atoms with Gasteiger partial charge in [0.1, 0.15) is 24.7 Å². The second-order valence-corrected chi connectivity index (χ2v) is 5.86. The van der Waals surface area contributed by atoms with Crippen LogP contribution in [0.2, 0.25) is 0 Å². The highest BCUT2D eigenvalue weighted by Crippen LogP contribution is 2.42. The van der Waals surface area contributed by atoms with Crippen molar-refractivity contribution in [3.05, 3.63) is 23.8 Å². The van der Waals surface area contributed by atoms with Gasteiger partial charge < -0.3 is 9.47 Å². The average Bonchev–Trinajstić information content (AvgIpc) is 2.53. The van der Waals surface area contributed by atoms with Gasteiger partial charge in [-0.3, -0.25) is 4.90 Å². The number of hydrogen-bond acceptors (Lipinski definition) is 3. The van der Waals surface area contributed by atoms with Gasteiger partial charge in [0.05, 0.1) is 6.04 Å². The summed E-state index contributed by atoms with van der Waals surface area (Å²) in [6.07, 6.45) is 8.96. The molecule has 2 aliphatic heterocycles. The minimum Gasteiger partial charge on any atom is -0.492 e. The van der Waals surface area contributed by atoms with Gasteiger partial charge in [0.15, 0.2) is 0 Å². The summed E-state index contributed by atoms with van der Waals surface area (Å²) in [4.78, 5) is 2.59. The zero-order valence-corrected chi connectivity index (χ0v) is 12.7. The van der Waals surface area contributed by atoms with Crippen LogP contribution in [0.4, 0.5) is 0 Å². The molecule has 3 heteroatoms. The fraction of sp³-hybridized carbons (Fsp3) is 0.556.